The Kier molecular flexibility index (Phi) is 6.04. The SMILES string of the molecule is NCc1cccc(F)c1OCCCOCC(F)(F)F. The van der Waals surface area contributed by atoms with Crippen molar-refractivity contribution >= 4 is 0 Å². The third-order valence-electron chi connectivity index (χ3n) is 2.21. The highest BCUT2D eigenvalue weighted by molar-refractivity contribution is 5.34. The Morgan fingerprint density at radius 3 is 2.53 bits per heavy atom. The Bertz CT molecular complexity index is 396. The molecule has 3 nitrogen and oxygen atoms in total. The molecule has 0 saturated carbocycles. The van der Waals surface area contributed by atoms with Gasteiger partial charge in [0.1, 0.15) is 6.61 Å². The molecule has 7 heteroatoms. The Morgan fingerprint density at radius 1 is 1.16 bits per heavy atom. The van der Waals surface area contributed by atoms with Gasteiger partial charge in [0.2, 0.25) is 0 Å². The first kappa shape index (κ1) is 15.7. The van der Waals surface area contributed by atoms with E-state index < -0.39 is 18.6 Å². The predicted octanol–water partition coefficient (Wildman–Crippen LogP) is 2.63. The van der Waals surface area contributed by atoms with Gasteiger partial charge in [0, 0.05) is 18.5 Å². The summed E-state index contributed by atoms with van der Waals surface area (Å²) in [6, 6.07) is 4.37. The summed E-state index contributed by atoms with van der Waals surface area (Å²) in [6.45, 7) is -1.21. The van der Waals surface area contributed by atoms with Gasteiger partial charge in [0.25, 0.3) is 0 Å². The Balaban J connectivity index is 2.30. The molecule has 0 aromatic heterocycles. The van der Waals surface area contributed by atoms with Crippen molar-refractivity contribution in [2.45, 2.75) is 19.1 Å². The van der Waals surface area contributed by atoms with Crippen molar-refractivity contribution in [2.75, 3.05) is 19.8 Å². The van der Waals surface area contributed by atoms with Crippen LogP contribution in [0.15, 0.2) is 18.2 Å². The van der Waals surface area contributed by atoms with E-state index in [-0.39, 0.29) is 31.9 Å². The van der Waals surface area contributed by atoms with Gasteiger partial charge in [-0.15, -0.1) is 0 Å². The van der Waals surface area contributed by atoms with Crippen LogP contribution < -0.4 is 10.5 Å². The lowest BCUT2D eigenvalue weighted by Crippen LogP contribution is -2.18. The molecule has 0 fully saturated rings. The summed E-state index contributed by atoms with van der Waals surface area (Å²) in [4.78, 5) is 0. The van der Waals surface area contributed by atoms with Crippen LogP contribution in [0.5, 0.6) is 5.75 Å². The molecule has 0 aliphatic heterocycles. The van der Waals surface area contributed by atoms with E-state index in [1.807, 2.05) is 0 Å². The molecule has 108 valence electrons. The zero-order chi connectivity index (χ0) is 14.3. The van der Waals surface area contributed by atoms with Gasteiger partial charge < -0.3 is 15.2 Å². The molecule has 0 radical (unpaired) electrons. The van der Waals surface area contributed by atoms with E-state index in [4.69, 9.17) is 10.5 Å². The molecule has 1 rings (SSSR count). The maximum atomic E-state index is 13.4. The predicted molar refractivity (Wildman–Crippen MR) is 61.3 cm³/mol. The largest absolute Gasteiger partial charge is 0.490 e. The van der Waals surface area contributed by atoms with Gasteiger partial charge in [-0.2, -0.15) is 13.2 Å². The molecule has 0 atom stereocenters. The van der Waals surface area contributed by atoms with E-state index in [0.717, 1.165) is 0 Å². The third-order valence-corrected chi connectivity index (χ3v) is 2.21. The van der Waals surface area contributed by atoms with Gasteiger partial charge in [-0.3, -0.25) is 0 Å². The van der Waals surface area contributed by atoms with E-state index in [0.29, 0.717) is 5.56 Å². The quantitative estimate of drug-likeness (QED) is 0.617. The molecule has 0 aliphatic carbocycles. The summed E-state index contributed by atoms with van der Waals surface area (Å²) in [6.07, 6.45) is -4.10. The van der Waals surface area contributed by atoms with E-state index >= 15 is 0 Å². The maximum Gasteiger partial charge on any atom is 0.411 e. The lowest BCUT2D eigenvalue weighted by molar-refractivity contribution is -0.174. The maximum absolute atomic E-state index is 13.4. The van der Waals surface area contributed by atoms with Crippen LogP contribution >= 0.6 is 0 Å². The van der Waals surface area contributed by atoms with Crippen molar-refractivity contribution in [3.63, 3.8) is 0 Å². The average molecular weight is 281 g/mol. The molecule has 0 unspecified atom stereocenters. The zero-order valence-corrected chi connectivity index (χ0v) is 10.2. The van der Waals surface area contributed by atoms with Crippen molar-refractivity contribution in [2.24, 2.45) is 5.73 Å². The lowest BCUT2D eigenvalue weighted by atomic mass is 10.2. The van der Waals surface area contributed by atoms with Gasteiger partial charge in [0.15, 0.2) is 11.6 Å². The van der Waals surface area contributed by atoms with E-state index in [9.17, 15) is 17.6 Å². The Labute approximate surface area is 108 Å². The molecule has 0 bridgehead atoms. The summed E-state index contributed by atoms with van der Waals surface area (Å²) in [5, 5.41) is 0. The van der Waals surface area contributed by atoms with Crippen molar-refractivity contribution in [1.29, 1.82) is 0 Å². The number of hydrogen-bond donors (Lipinski definition) is 1. The third kappa shape index (κ3) is 5.89. The minimum atomic E-state index is -4.33. The second-order valence-electron chi connectivity index (χ2n) is 3.80. The number of rotatable bonds is 7. The highest BCUT2D eigenvalue weighted by Gasteiger charge is 2.27. The van der Waals surface area contributed by atoms with Crippen LogP contribution in [-0.4, -0.2) is 26.0 Å². The molecule has 1 aromatic carbocycles. The van der Waals surface area contributed by atoms with Crippen molar-refractivity contribution in [3.8, 4) is 5.75 Å². The Morgan fingerprint density at radius 2 is 1.89 bits per heavy atom. The fourth-order valence-electron chi connectivity index (χ4n) is 1.40. The van der Waals surface area contributed by atoms with Gasteiger partial charge in [-0.25, -0.2) is 4.39 Å². The molecule has 0 heterocycles. The lowest BCUT2D eigenvalue weighted by Gasteiger charge is -2.11. The summed E-state index contributed by atoms with van der Waals surface area (Å²) >= 11 is 0. The number of ether oxygens (including phenoxy) is 2. The first-order chi connectivity index (χ1) is 8.94. The van der Waals surface area contributed by atoms with Crippen LogP contribution in [0.2, 0.25) is 0 Å². The normalized spacial score (nSPS) is 11.6. The number of nitrogens with two attached hydrogens (primary N) is 1. The molecule has 0 saturated heterocycles. The molecule has 0 amide bonds. The smallest absolute Gasteiger partial charge is 0.411 e. The van der Waals surface area contributed by atoms with Gasteiger partial charge in [-0.05, 0) is 6.07 Å². The molecule has 1 aromatic rings. The standard InChI is InChI=1S/C12H15F4NO2/c13-10-4-1-3-9(7-17)11(10)19-6-2-5-18-8-12(14,15)16/h1,3-4H,2,5-8,17H2. The average Bonchev–Trinajstić information content (AvgIpc) is 2.33. The van der Waals surface area contributed by atoms with E-state index in [2.05, 4.69) is 4.74 Å². The summed E-state index contributed by atoms with van der Waals surface area (Å²) in [5.74, 6) is -0.500. The highest BCUT2D eigenvalue weighted by Crippen LogP contribution is 2.22. The fourth-order valence-corrected chi connectivity index (χ4v) is 1.40. The van der Waals surface area contributed by atoms with Crippen LogP contribution in [0.3, 0.4) is 0 Å². The van der Waals surface area contributed by atoms with Crippen molar-refractivity contribution < 1.29 is 27.0 Å². The molecule has 2 N–H and O–H groups in total. The molecular formula is C12H15F4NO2. The monoisotopic (exact) mass is 281 g/mol. The molecule has 19 heavy (non-hydrogen) atoms. The Hall–Kier alpha value is -1.34. The number of halogens is 4. The van der Waals surface area contributed by atoms with Crippen LogP contribution in [0.1, 0.15) is 12.0 Å². The summed E-state index contributed by atoms with van der Waals surface area (Å²) < 4.78 is 58.3. The first-order valence-corrected chi connectivity index (χ1v) is 5.69. The van der Waals surface area contributed by atoms with Crippen LogP contribution in [0.25, 0.3) is 0 Å². The number of alkyl halides is 3. The number of para-hydroxylation sites is 1. The number of hydrogen-bond acceptors (Lipinski definition) is 3. The molecule has 0 aliphatic rings. The topological polar surface area (TPSA) is 44.5 Å². The minimum absolute atomic E-state index is 0.0424. The summed E-state index contributed by atoms with van der Waals surface area (Å²) in [7, 11) is 0. The second-order valence-corrected chi connectivity index (χ2v) is 3.80. The number of benzene rings is 1. The van der Waals surface area contributed by atoms with Crippen molar-refractivity contribution in [3.05, 3.63) is 29.6 Å². The molecule has 0 spiro atoms. The first-order valence-electron chi connectivity index (χ1n) is 5.69. The van der Waals surface area contributed by atoms with Crippen molar-refractivity contribution in [1.82, 2.24) is 0 Å². The van der Waals surface area contributed by atoms with Crippen LogP contribution in [0.4, 0.5) is 17.6 Å². The van der Waals surface area contributed by atoms with E-state index in [1.54, 1.807) is 6.07 Å². The summed E-state index contributed by atoms with van der Waals surface area (Å²) in [5.41, 5.74) is 5.93. The van der Waals surface area contributed by atoms with E-state index in [1.165, 1.54) is 12.1 Å². The van der Waals surface area contributed by atoms with Gasteiger partial charge >= 0.3 is 6.18 Å². The minimum Gasteiger partial charge on any atom is -0.490 e. The van der Waals surface area contributed by atoms with Crippen LogP contribution in [0, 0.1) is 5.82 Å². The second kappa shape index (κ2) is 7.30. The van der Waals surface area contributed by atoms with Gasteiger partial charge in [-0.1, -0.05) is 12.1 Å². The van der Waals surface area contributed by atoms with Crippen LogP contribution in [-0.2, 0) is 11.3 Å². The zero-order valence-electron chi connectivity index (χ0n) is 10.2. The fraction of sp³-hybridized carbons (Fsp3) is 0.500. The molecular weight excluding hydrogens is 266 g/mol. The van der Waals surface area contributed by atoms with Gasteiger partial charge in [0.05, 0.1) is 13.2 Å². The highest BCUT2D eigenvalue weighted by atomic mass is 19.4.